The summed E-state index contributed by atoms with van der Waals surface area (Å²) >= 11 is 1.73. The molecule has 4 nitrogen and oxygen atoms in total. The fourth-order valence-electron chi connectivity index (χ4n) is 3.16. The van der Waals surface area contributed by atoms with Crippen molar-refractivity contribution in [3.8, 4) is 0 Å². The van der Waals surface area contributed by atoms with E-state index in [9.17, 15) is 4.79 Å². The lowest BCUT2D eigenvalue weighted by molar-refractivity contribution is -0.140. The fraction of sp³-hybridized carbons (Fsp3) is 0.733. The van der Waals surface area contributed by atoms with Gasteiger partial charge in [0.05, 0.1) is 5.01 Å². The molecule has 0 aromatic carbocycles. The molecule has 1 aromatic heterocycles. The van der Waals surface area contributed by atoms with E-state index in [2.05, 4.69) is 16.8 Å². The van der Waals surface area contributed by atoms with Gasteiger partial charge in [-0.2, -0.15) is 0 Å². The zero-order chi connectivity index (χ0) is 14.0. The van der Waals surface area contributed by atoms with Gasteiger partial charge in [0.1, 0.15) is 0 Å². The van der Waals surface area contributed by atoms with E-state index < -0.39 is 0 Å². The summed E-state index contributed by atoms with van der Waals surface area (Å²) in [6.45, 7) is 5.49. The number of carbonyl (C=O) groups is 1. The second-order valence-electron chi connectivity index (χ2n) is 6.11. The van der Waals surface area contributed by atoms with Gasteiger partial charge in [0.25, 0.3) is 0 Å². The Labute approximate surface area is 124 Å². The lowest BCUT2D eigenvalue weighted by atomic mass is 9.80. The molecule has 3 heterocycles. The molecule has 0 N–H and O–H groups in total. The molecule has 2 fully saturated rings. The minimum absolute atomic E-state index is 0.153. The molecule has 1 amide bonds. The van der Waals surface area contributed by atoms with Gasteiger partial charge < -0.3 is 9.64 Å². The van der Waals surface area contributed by atoms with E-state index in [1.165, 1.54) is 5.01 Å². The van der Waals surface area contributed by atoms with E-state index in [4.69, 9.17) is 4.74 Å². The molecule has 20 heavy (non-hydrogen) atoms. The van der Waals surface area contributed by atoms with Crippen LogP contribution in [0.5, 0.6) is 0 Å². The van der Waals surface area contributed by atoms with Crippen LogP contribution in [-0.2, 0) is 14.9 Å². The summed E-state index contributed by atoms with van der Waals surface area (Å²) in [7, 11) is 0. The Morgan fingerprint density at radius 2 is 2.10 bits per heavy atom. The van der Waals surface area contributed by atoms with Gasteiger partial charge in [0.15, 0.2) is 0 Å². The standard InChI is InChI=1S/C15H22N2O2S/c1-15(14-16-6-11-20-14)4-7-17(8-5-15)13(18)12-2-9-19-10-3-12/h6,11-12H,2-5,7-10H2,1H3. The largest absolute Gasteiger partial charge is 0.381 e. The van der Waals surface area contributed by atoms with E-state index in [1.54, 1.807) is 11.3 Å². The molecule has 110 valence electrons. The highest BCUT2D eigenvalue weighted by Gasteiger charge is 2.36. The van der Waals surface area contributed by atoms with Gasteiger partial charge in [0.2, 0.25) is 5.91 Å². The summed E-state index contributed by atoms with van der Waals surface area (Å²) in [4.78, 5) is 19.0. The number of ether oxygens (including phenoxy) is 1. The molecule has 0 radical (unpaired) electrons. The Morgan fingerprint density at radius 1 is 1.40 bits per heavy atom. The van der Waals surface area contributed by atoms with Crippen molar-refractivity contribution < 1.29 is 9.53 Å². The van der Waals surface area contributed by atoms with Crippen LogP contribution in [-0.4, -0.2) is 42.1 Å². The van der Waals surface area contributed by atoms with Crippen molar-refractivity contribution in [3.05, 3.63) is 16.6 Å². The van der Waals surface area contributed by atoms with E-state index in [0.29, 0.717) is 5.91 Å². The van der Waals surface area contributed by atoms with Crippen molar-refractivity contribution in [2.75, 3.05) is 26.3 Å². The summed E-state index contributed by atoms with van der Waals surface area (Å²) in [5.41, 5.74) is 0.153. The smallest absolute Gasteiger partial charge is 0.225 e. The molecule has 1 aromatic rings. The number of thiazole rings is 1. The average molecular weight is 294 g/mol. The third kappa shape index (κ3) is 2.74. The van der Waals surface area contributed by atoms with Crippen LogP contribution >= 0.6 is 11.3 Å². The quantitative estimate of drug-likeness (QED) is 0.841. The number of nitrogens with zero attached hydrogens (tertiary/aromatic N) is 2. The lowest BCUT2D eigenvalue weighted by Crippen LogP contribution is -2.46. The van der Waals surface area contributed by atoms with Crippen LogP contribution < -0.4 is 0 Å². The summed E-state index contributed by atoms with van der Waals surface area (Å²) in [6, 6.07) is 0. The Hall–Kier alpha value is -0.940. The predicted octanol–water partition coefficient (Wildman–Crippen LogP) is 2.45. The minimum Gasteiger partial charge on any atom is -0.381 e. The van der Waals surface area contributed by atoms with Crippen LogP contribution in [0.25, 0.3) is 0 Å². The highest BCUT2D eigenvalue weighted by atomic mass is 32.1. The zero-order valence-electron chi connectivity index (χ0n) is 12.0. The molecule has 0 bridgehead atoms. The van der Waals surface area contributed by atoms with Crippen LogP contribution in [0.3, 0.4) is 0 Å². The molecule has 0 saturated carbocycles. The van der Waals surface area contributed by atoms with Crippen LogP contribution in [0.15, 0.2) is 11.6 Å². The van der Waals surface area contributed by atoms with Gasteiger partial charge in [-0.15, -0.1) is 11.3 Å². The van der Waals surface area contributed by atoms with Crippen LogP contribution in [0, 0.1) is 5.92 Å². The van der Waals surface area contributed by atoms with Gasteiger partial charge in [-0.3, -0.25) is 4.79 Å². The van der Waals surface area contributed by atoms with Crippen molar-refractivity contribution in [2.45, 2.75) is 38.0 Å². The summed E-state index contributed by atoms with van der Waals surface area (Å²) in [5, 5.41) is 3.26. The molecular weight excluding hydrogens is 272 g/mol. The van der Waals surface area contributed by atoms with Crippen LogP contribution in [0.1, 0.15) is 37.6 Å². The number of piperidine rings is 1. The average Bonchev–Trinajstić information content (AvgIpc) is 3.03. The highest BCUT2D eigenvalue weighted by molar-refractivity contribution is 7.09. The van der Waals surface area contributed by atoms with Crippen molar-refractivity contribution in [2.24, 2.45) is 5.92 Å². The molecule has 5 heteroatoms. The van der Waals surface area contributed by atoms with Gasteiger partial charge in [-0.05, 0) is 25.7 Å². The Bertz CT molecular complexity index is 446. The number of hydrogen-bond donors (Lipinski definition) is 0. The zero-order valence-corrected chi connectivity index (χ0v) is 12.8. The molecule has 2 aliphatic rings. The first-order valence-corrected chi connectivity index (χ1v) is 8.33. The number of hydrogen-bond acceptors (Lipinski definition) is 4. The molecular formula is C15H22N2O2S. The number of carbonyl (C=O) groups excluding carboxylic acids is 1. The second kappa shape index (κ2) is 5.82. The first-order valence-electron chi connectivity index (χ1n) is 7.45. The first-order chi connectivity index (χ1) is 9.69. The molecule has 3 rings (SSSR count). The SMILES string of the molecule is CC1(c2nccs2)CCN(C(=O)C2CCOCC2)CC1. The molecule has 0 aliphatic carbocycles. The molecule has 2 saturated heterocycles. The number of amides is 1. The molecule has 0 atom stereocenters. The predicted molar refractivity (Wildman–Crippen MR) is 78.8 cm³/mol. The lowest BCUT2D eigenvalue weighted by Gasteiger charge is -2.39. The van der Waals surface area contributed by atoms with Gasteiger partial charge in [-0.1, -0.05) is 6.92 Å². The minimum atomic E-state index is 0.153. The van der Waals surface area contributed by atoms with Crippen molar-refractivity contribution in [3.63, 3.8) is 0 Å². The first kappa shape index (κ1) is 14.0. The Balaban J connectivity index is 1.59. The Morgan fingerprint density at radius 3 is 2.70 bits per heavy atom. The third-order valence-corrected chi connectivity index (χ3v) is 5.78. The normalized spacial score (nSPS) is 23.8. The topological polar surface area (TPSA) is 42.4 Å². The second-order valence-corrected chi connectivity index (χ2v) is 7.00. The van der Waals surface area contributed by atoms with Crippen molar-refractivity contribution in [1.82, 2.24) is 9.88 Å². The number of aromatic nitrogens is 1. The monoisotopic (exact) mass is 294 g/mol. The maximum atomic E-state index is 12.5. The van der Waals surface area contributed by atoms with Gasteiger partial charge in [0, 0.05) is 49.2 Å². The summed E-state index contributed by atoms with van der Waals surface area (Å²) in [5.74, 6) is 0.530. The maximum absolute atomic E-state index is 12.5. The van der Waals surface area contributed by atoms with Gasteiger partial charge in [-0.25, -0.2) is 4.98 Å². The van der Waals surface area contributed by atoms with E-state index in [-0.39, 0.29) is 11.3 Å². The summed E-state index contributed by atoms with van der Waals surface area (Å²) < 4.78 is 5.34. The van der Waals surface area contributed by atoms with E-state index >= 15 is 0 Å². The Kier molecular flexibility index (Phi) is 4.08. The van der Waals surface area contributed by atoms with E-state index in [0.717, 1.165) is 52.0 Å². The van der Waals surface area contributed by atoms with Gasteiger partial charge >= 0.3 is 0 Å². The van der Waals surface area contributed by atoms with Crippen LogP contribution in [0.4, 0.5) is 0 Å². The fourth-order valence-corrected chi connectivity index (χ4v) is 4.02. The van der Waals surface area contributed by atoms with Crippen molar-refractivity contribution >= 4 is 17.2 Å². The molecule has 0 spiro atoms. The van der Waals surface area contributed by atoms with Crippen molar-refractivity contribution in [1.29, 1.82) is 0 Å². The third-order valence-electron chi connectivity index (χ3n) is 4.70. The summed E-state index contributed by atoms with van der Waals surface area (Å²) in [6.07, 6.45) is 5.70. The number of rotatable bonds is 2. The highest BCUT2D eigenvalue weighted by Crippen LogP contribution is 2.36. The number of likely N-dealkylation sites (tertiary alicyclic amines) is 1. The van der Waals surface area contributed by atoms with E-state index in [1.807, 2.05) is 11.6 Å². The maximum Gasteiger partial charge on any atom is 0.225 e. The molecule has 2 aliphatic heterocycles. The van der Waals surface area contributed by atoms with Crippen LogP contribution in [0.2, 0.25) is 0 Å². The molecule has 0 unspecified atom stereocenters.